The summed E-state index contributed by atoms with van der Waals surface area (Å²) in [5, 5.41) is 8.87. The minimum absolute atomic E-state index is 0.0257. The minimum Gasteiger partial charge on any atom is -0.396 e. The number of halogens is 3. The van der Waals surface area contributed by atoms with E-state index in [2.05, 4.69) is 0 Å². The van der Waals surface area contributed by atoms with Gasteiger partial charge in [0.25, 0.3) is 0 Å². The average molecular weight is 323 g/mol. The molecular weight excluding hydrogens is 307 g/mol. The Kier molecular flexibility index (Phi) is 4.60. The molecule has 2 rings (SSSR count). The first-order chi connectivity index (χ1) is 9.75. The number of alkyl halides is 3. The first kappa shape index (κ1) is 16.3. The number of hydrogen-bond acceptors (Lipinski definition) is 3. The van der Waals surface area contributed by atoms with Crippen molar-refractivity contribution in [1.82, 2.24) is 4.31 Å². The maximum atomic E-state index is 12.7. The largest absolute Gasteiger partial charge is 0.416 e. The first-order valence-corrected chi connectivity index (χ1v) is 7.97. The Morgan fingerprint density at radius 3 is 2.67 bits per heavy atom. The van der Waals surface area contributed by atoms with Crippen LogP contribution >= 0.6 is 0 Å². The zero-order valence-electron chi connectivity index (χ0n) is 11.2. The fourth-order valence-corrected chi connectivity index (χ4v) is 3.99. The molecule has 0 aliphatic carbocycles. The van der Waals surface area contributed by atoms with Gasteiger partial charge in [0.15, 0.2) is 0 Å². The van der Waals surface area contributed by atoms with Gasteiger partial charge in [-0.15, -0.1) is 0 Å². The molecule has 118 valence electrons. The van der Waals surface area contributed by atoms with Gasteiger partial charge >= 0.3 is 6.18 Å². The van der Waals surface area contributed by atoms with Gasteiger partial charge in [0, 0.05) is 19.7 Å². The van der Waals surface area contributed by atoms with Gasteiger partial charge in [0.1, 0.15) is 0 Å². The molecule has 1 saturated heterocycles. The van der Waals surface area contributed by atoms with Crippen LogP contribution < -0.4 is 0 Å². The first-order valence-electron chi connectivity index (χ1n) is 6.53. The summed E-state index contributed by atoms with van der Waals surface area (Å²) in [6.07, 6.45) is -3.47. The monoisotopic (exact) mass is 323 g/mol. The molecule has 1 unspecified atom stereocenters. The second-order valence-corrected chi connectivity index (χ2v) is 6.99. The van der Waals surface area contributed by atoms with Gasteiger partial charge in [-0.05, 0) is 37.0 Å². The molecule has 0 spiro atoms. The molecule has 0 amide bonds. The molecule has 1 aliphatic rings. The number of nitrogens with zero attached hydrogens (tertiary/aromatic N) is 1. The SMILES string of the molecule is O=S(=O)(c1cccc(C(F)(F)F)c1)N1CCC(CCO)C1. The van der Waals surface area contributed by atoms with Gasteiger partial charge in [-0.1, -0.05) is 6.07 Å². The van der Waals surface area contributed by atoms with E-state index < -0.39 is 21.8 Å². The molecule has 1 aromatic rings. The van der Waals surface area contributed by atoms with Crippen LogP contribution in [0.2, 0.25) is 0 Å². The normalized spacial score (nSPS) is 20.9. The third-order valence-corrected chi connectivity index (χ3v) is 5.45. The molecule has 0 saturated carbocycles. The fraction of sp³-hybridized carbons (Fsp3) is 0.538. The third kappa shape index (κ3) is 3.56. The predicted octanol–water partition coefficient (Wildman–Crippen LogP) is 2.10. The summed E-state index contributed by atoms with van der Waals surface area (Å²) in [7, 11) is -3.92. The molecule has 1 atom stereocenters. The van der Waals surface area contributed by atoms with Crippen LogP contribution in [0.4, 0.5) is 13.2 Å². The van der Waals surface area contributed by atoms with E-state index in [1.807, 2.05) is 0 Å². The van der Waals surface area contributed by atoms with Crippen molar-refractivity contribution in [3.8, 4) is 0 Å². The smallest absolute Gasteiger partial charge is 0.396 e. The van der Waals surface area contributed by atoms with Crippen LogP contribution in [0.15, 0.2) is 29.2 Å². The number of benzene rings is 1. The van der Waals surface area contributed by atoms with Crippen LogP contribution in [0, 0.1) is 5.92 Å². The number of hydrogen-bond donors (Lipinski definition) is 1. The van der Waals surface area contributed by atoms with Crippen molar-refractivity contribution >= 4 is 10.0 Å². The molecule has 1 aliphatic heterocycles. The number of sulfonamides is 1. The van der Waals surface area contributed by atoms with Crippen molar-refractivity contribution in [2.45, 2.75) is 23.9 Å². The molecular formula is C13H16F3NO3S. The lowest BCUT2D eigenvalue weighted by Crippen LogP contribution is -2.29. The highest BCUT2D eigenvalue weighted by Crippen LogP contribution is 2.32. The van der Waals surface area contributed by atoms with Crippen molar-refractivity contribution in [3.05, 3.63) is 29.8 Å². The van der Waals surface area contributed by atoms with Gasteiger partial charge in [-0.25, -0.2) is 8.42 Å². The van der Waals surface area contributed by atoms with E-state index in [0.29, 0.717) is 18.9 Å². The number of aliphatic hydroxyl groups is 1. The van der Waals surface area contributed by atoms with E-state index in [1.165, 1.54) is 10.4 Å². The maximum Gasteiger partial charge on any atom is 0.416 e. The molecule has 0 aromatic heterocycles. The lowest BCUT2D eigenvalue weighted by molar-refractivity contribution is -0.137. The Labute approximate surface area is 121 Å². The number of aliphatic hydroxyl groups excluding tert-OH is 1. The zero-order chi connectivity index (χ0) is 15.7. The number of rotatable bonds is 4. The molecule has 0 radical (unpaired) electrons. The molecule has 1 heterocycles. The Morgan fingerprint density at radius 2 is 2.05 bits per heavy atom. The third-order valence-electron chi connectivity index (χ3n) is 3.59. The fourth-order valence-electron chi connectivity index (χ4n) is 2.42. The summed E-state index contributed by atoms with van der Waals surface area (Å²) >= 11 is 0. The lowest BCUT2D eigenvalue weighted by Gasteiger charge is -2.17. The van der Waals surface area contributed by atoms with Gasteiger partial charge in [0.2, 0.25) is 10.0 Å². The summed E-state index contributed by atoms with van der Waals surface area (Å²) in [5.41, 5.74) is -0.977. The second kappa shape index (κ2) is 5.94. The zero-order valence-corrected chi connectivity index (χ0v) is 12.0. The van der Waals surface area contributed by atoms with Crippen LogP contribution in [-0.4, -0.2) is 37.5 Å². The summed E-state index contributed by atoms with van der Waals surface area (Å²) < 4.78 is 63.9. The van der Waals surface area contributed by atoms with Crippen LogP contribution in [0.5, 0.6) is 0 Å². The average Bonchev–Trinajstić information content (AvgIpc) is 2.88. The maximum absolute atomic E-state index is 12.7. The van der Waals surface area contributed by atoms with E-state index in [4.69, 9.17) is 5.11 Å². The summed E-state index contributed by atoms with van der Waals surface area (Å²) in [6.45, 7) is 0.477. The van der Waals surface area contributed by atoms with E-state index in [0.717, 1.165) is 12.1 Å². The molecule has 21 heavy (non-hydrogen) atoms. The molecule has 1 fully saturated rings. The van der Waals surface area contributed by atoms with Gasteiger partial charge < -0.3 is 5.11 Å². The Bertz CT molecular complexity index is 601. The Balaban J connectivity index is 2.25. The standard InChI is InChI=1S/C13H16F3NO3S/c14-13(15,16)11-2-1-3-12(8-11)21(19,20)17-6-4-10(9-17)5-7-18/h1-3,8,10,18H,4-7,9H2. The predicted molar refractivity (Wildman–Crippen MR) is 70.0 cm³/mol. The topological polar surface area (TPSA) is 57.6 Å². The quantitative estimate of drug-likeness (QED) is 0.923. The summed E-state index contributed by atoms with van der Waals surface area (Å²) in [5.74, 6) is 0.0515. The van der Waals surface area contributed by atoms with Gasteiger partial charge in [-0.2, -0.15) is 17.5 Å². The van der Waals surface area contributed by atoms with E-state index >= 15 is 0 Å². The molecule has 8 heteroatoms. The van der Waals surface area contributed by atoms with Crippen molar-refractivity contribution < 1.29 is 26.7 Å². The van der Waals surface area contributed by atoms with Gasteiger partial charge in [0.05, 0.1) is 10.5 Å². The highest BCUT2D eigenvalue weighted by atomic mass is 32.2. The highest BCUT2D eigenvalue weighted by Gasteiger charge is 2.35. The van der Waals surface area contributed by atoms with Crippen molar-refractivity contribution in [2.75, 3.05) is 19.7 Å². The summed E-state index contributed by atoms with van der Waals surface area (Å²) in [4.78, 5) is -0.345. The van der Waals surface area contributed by atoms with Crippen LogP contribution in [0.3, 0.4) is 0 Å². The van der Waals surface area contributed by atoms with Crippen LogP contribution in [-0.2, 0) is 16.2 Å². The molecule has 1 aromatic carbocycles. The van der Waals surface area contributed by atoms with Crippen LogP contribution in [0.25, 0.3) is 0 Å². The van der Waals surface area contributed by atoms with Crippen molar-refractivity contribution in [1.29, 1.82) is 0 Å². The van der Waals surface area contributed by atoms with E-state index in [9.17, 15) is 21.6 Å². The molecule has 1 N–H and O–H groups in total. The van der Waals surface area contributed by atoms with Crippen molar-refractivity contribution in [2.24, 2.45) is 5.92 Å². The van der Waals surface area contributed by atoms with Gasteiger partial charge in [-0.3, -0.25) is 0 Å². The van der Waals surface area contributed by atoms with E-state index in [-0.39, 0.29) is 30.5 Å². The Hall–Kier alpha value is -1.12. The minimum atomic E-state index is -4.57. The highest BCUT2D eigenvalue weighted by molar-refractivity contribution is 7.89. The van der Waals surface area contributed by atoms with Crippen molar-refractivity contribution in [3.63, 3.8) is 0 Å². The molecule has 0 bridgehead atoms. The van der Waals surface area contributed by atoms with E-state index in [1.54, 1.807) is 0 Å². The molecule has 4 nitrogen and oxygen atoms in total. The second-order valence-electron chi connectivity index (χ2n) is 5.06. The van der Waals surface area contributed by atoms with Crippen LogP contribution in [0.1, 0.15) is 18.4 Å². The summed E-state index contributed by atoms with van der Waals surface area (Å²) in [6, 6.07) is 3.77. The lowest BCUT2D eigenvalue weighted by atomic mass is 10.1. The Morgan fingerprint density at radius 1 is 1.33 bits per heavy atom.